The summed E-state index contributed by atoms with van der Waals surface area (Å²) in [5, 5.41) is 31.5. The molecule has 0 aromatic heterocycles. The van der Waals surface area contributed by atoms with Crippen LogP contribution in [0.2, 0.25) is 0 Å². The lowest BCUT2D eigenvalue weighted by atomic mass is 10.0. The minimum atomic E-state index is -1.54. The van der Waals surface area contributed by atoms with Crippen molar-refractivity contribution in [3.8, 4) is 0 Å². The lowest BCUT2D eigenvalue weighted by molar-refractivity contribution is -0.870. The van der Waals surface area contributed by atoms with Gasteiger partial charge in [-0.3, -0.25) is 24.0 Å². The summed E-state index contributed by atoms with van der Waals surface area (Å²) < 4.78 is 0.698. The molecule has 5 amide bonds. The summed E-state index contributed by atoms with van der Waals surface area (Å²) in [5.41, 5.74) is 0.812. The van der Waals surface area contributed by atoms with Crippen LogP contribution >= 0.6 is 0 Å². The highest BCUT2D eigenvalue weighted by Gasteiger charge is 2.31. The van der Waals surface area contributed by atoms with Crippen LogP contribution in [-0.2, 0) is 35.2 Å². The number of nitrogens with zero attached hydrogens (tertiary/aromatic N) is 1. The van der Waals surface area contributed by atoms with E-state index >= 15 is 0 Å². The van der Waals surface area contributed by atoms with Crippen molar-refractivity contribution in [3.05, 3.63) is 35.9 Å². The maximum absolute atomic E-state index is 13.5. The Morgan fingerprint density at radius 2 is 1.26 bits per heavy atom. The number of unbranched alkanes of at least 4 members (excludes halogenated alkanes) is 1. The predicted molar refractivity (Wildman–Crippen MR) is 172 cm³/mol. The molecule has 14 heteroatoms. The van der Waals surface area contributed by atoms with Crippen molar-refractivity contribution in [2.24, 2.45) is 5.92 Å². The van der Waals surface area contributed by atoms with Gasteiger partial charge in [0.15, 0.2) is 0 Å². The summed E-state index contributed by atoms with van der Waals surface area (Å²) >= 11 is 0. The molecule has 0 spiro atoms. The smallest absolute Gasteiger partial charge is 0.328 e. The third kappa shape index (κ3) is 15.8. The maximum Gasteiger partial charge on any atom is 0.328 e. The molecule has 0 bridgehead atoms. The second kappa shape index (κ2) is 19.5. The van der Waals surface area contributed by atoms with Crippen LogP contribution in [0.5, 0.6) is 0 Å². The molecule has 1 rings (SSSR count). The number of carboxylic acids is 1. The van der Waals surface area contributed by atoms with Gasteiger partial charge in [0.25, 0.3) is 0 Å². The number of aliphatic hydroxyl groups is 1. The van der Waals surface area contributed by atoms with Crippen LogP contribution in [-0.4, -0.2) is 115 Å². The fraction of sp³-hybridized carbons (Fsp3) is 0.625. The molecule has 0 heterocycles. The fourth-order valence-electron chi connectivity index (χ4n) is 4.62. The zero-order valence-corrected chi connectivity index (χ0v) is 28.1. The number of benzene rings is 1. The summed E-state index contributed by atoms with van der Waals surface area (Å²) in [4.78, 5) is 76.0. The molecule has 0 aliphatic carbocycles. The minimum Gasteiger partial charge on any atom is -0.480 e. The Balaban J connectivity index is 3.04. The summed E-state index contributed by atoms with van der Waals surface area (Å²) in [6.45, 7) is 6.43. The average Bonchev–Trinajstić information content (AvgIpc) is 2.95. The highest BCUT2D eigenvalue weighted by atomic mass is 16.4. The van der Waals surface area contributed by atoms with Crippen molar-refractivity contribution in [2.75, 3.05) is 34.3 Å². The van der Waals surface area contributed by atoms with E-state index < -0.39 is 72.3 Å². The van der Waals surface area contributed by atoms with Crippen molar-refractivity contribution in [1.82, 2.24) is 26.6 Å². The van der Waals surface area contributed by atoms with Crippen molar-refractivity contribution in [1.29, 1.82) is 0 Å². The Labute approximate surface area is 271 Å². The van der Waals surface area contributed by atoms with Crippen LogP contribution in [0.15, 0.2) is 30.3 Å². The summed E-state index contributed by atoms with van der Waals surface area (Å²) in [7, 11) is 6.07. The van der Waals surface area contributed by atoms with Gasteiger partial charge in [-0.05, 0) is 44.1 Å². The number of quaternary nitrogens is 1. The molecule has 46 heavy (non-hydrogen) atoms. The molecule has 258 valence electrons. The summed E-state index contributed by atoms with van der Waals surface area (Å²) in [5.74, 6) is -4.51. The quantitative estimate of drug-likeness (QED) is 0.0736. The van der Waals surface area contributed by atoms with Crippen LogP contribution in [0.3, 0.4) is 0 Å². The first-order valence-electron chi connectivity index (χ1n) is 15.6. The van der Waals surface area contributed by atoms with Gasteiger partial charge in [0, 0.05) is 13.3 Å². The standard InChI is InChI=1S/C32H52N6O8/c1-20(2)17-25(31(44)35-24(15-11-12-16-38(5,6)7)29(42)37-27(19-39)32(45)46)36-28(41)21(3)33-30(43)26(34-22(4)40)18-23-13-9-8-10-14-23/h8-10,13-14,20-21,24-27,39H,11-12,15-19H2,1-7H3,(H5-,33,34,35,36,37,40,41,42,43,44,45,46)/p+1/t21-,24-,25-,26-,27+/m0/s1. The van der Waals surface area contributed by atoms with E-state index in [2.05, 4.69) is 26.6 Å². The van der Waals surface area contributed by atoms with Crippen molar-refractivity contribution in [2.45, 2.75) is 90.0 Å². The van der Waals surface area contributed by atoms with Crippen LogP contribution in [0.25, 0.3) is 0 Å². The first kappa shape index (κ1) is 40.0. The second-order valence-corrected chi connectivity index (χ2v) is 13.0. The van der Waals surface area contributed by atoms with Crippen LogP contribution in [0, 0.1) is 5.92 Å². The lowest BCUT2D eigenvalue weighted by Gasteiger charge is -2.27. The Morgan fingerprint density at radius 1 is 0.717 bits per heavy atom. The van der Waals surface area contributed by atoms with Gasteiger partial charge >= 0.3 is 5.97 Å². The zero-order valence-electron chi connectivity index (χ0n) is 28.1. The van der Waals surface area contributed by atoms with Crippen LogP contribution in [0.4, 0.5) is 0 Å². The molecular weight excluding hydrogens is 596 g/mol. The topological polar surface area (TPSA) is 203 Å². The number of aliphatic hydroxyl groups excluding tert-OH is 1. The van der Waals surface area contributed by atoms with Gasteiger partial charge in [-0.15, -0.1) is 0 Å². The SMILES string of the molecule is CC(=O)N[C@@H](Cc1ccccc1)C(=O)N[C@@H](C)C(=O)N[C@@H](CC(C)C)C(=O)N[C@@H](CCCC[N+](C)(C)C)C(=O)N[C@H](CO)C(=O)O. The number of rotatable bonds is 20. The number of hydrogen-bond donors (Lipinski definition) is 7. The monoisotopic (exact) mass is 649 g/mol. The largest absolute Gasteiger partial charge is 0.480 e. The van der Waals surface area contributed by atoms with E-state index in [0.717, 1.165) is 18.5 Å². The zero-order chi connectivity index (χ0) is 35.0. The van der Waals surface area contributed by atoms with Crippen molar-refractivity contribution >= 4 is 35.5 Å². The summed E-state index contributed by atoms with van der Waals surface area (Å²) in [6, 6.07) is 3.34. The lowest BCUT2D eigenvalue weighted by Crippen LogP contribution is -2.58. The molecular formula is C32H53N6O8+. The third-order valence-electron chi connectivity index (χ3n) is 7.07. The number of carbonyl (C=O) groups is 6. The number of amides is 5. The molecule has 1 aromatic carbocycles. The normalized spacial score (nSPS) is 14.6. The fourth-order valence-corrected chi connectivity index (χ4v) is 4.62. The van der Waals surface area contributed by atoms with Gasteiger partial charge < -0.3 is 41.3 Å². The first-order chi connectivity index (χ1) is 21.4. The van der Waals surface area contributed by atoms with Gasteiger partial charge in [0.1, 0.15) is 30.2 Å². The first-order valence-corrected chi connectivity index (χ1v) is 15.6. The van der Waals surface area contributed by atoms with E-state index in [1.165, 1.54) is 13.8 Å². The molecule has 0 unspecified atom stereocenters. The van der Waals surface area contributed by atoms with Gasteiger partial charge in [0.05, 0.1) is 34.3 Å². The Morgan fingerprint density at radius 3 is 1.78 bits per heavy atom. The summed E-state index contributed by atoms with van der Waals surface area (Å²) in [6.07, 6.45) is 1.91. The van der Waals surface area contributed by atoms with E-state index in [4.69, 9.17) is 0 Å². The molecule has 14 nitrogen and oxygen atoms in total. The number of nitrogens with one attached hydrogen (secondary N) is 5. The third-order valence-corrected chi connectivity index (χ3v) is 7.07. The highest BCUT2D eigenvalue weighted by molar-refractivity contribution is 5.95. The minimum absolute atomic E-state index is 0.0430. The average molecular weight is 650 g/mol. The molecule has 0 radical (unpaired) electrons. The van der Waals surface area contributed by atoms with Gasteiger partial charge in [-0.1, -0.05) is 44.2 Å². The highest BCUT2D eigenvalue weighted by Crippen LogP contribution is 2.10. The van der Waals surface area contributed by atoms with Crippen LogP contribution in [0.1, 0.15) is 58.9 Å². The van der Waals surface area contributed by atoms with E-state index in [1.54, 1.807) is 0 Å². The number of aliphatic carboxylic acids is 1. The molecule has 0 fully saturated rings. The van der Waals surface area contributed by atoms with Crippen molar-refractivity contribution < 1.29 is 43.5 Å². The molecule has 1 aromatic rings. The van der Waals surface area contributed by atoms with Gasteiger partial charge in [-0.25, -0.2) is 4.79 Å². The molecule has 0 saturated heterocycles. The molecule has 5 atom stereocenters. The van der Waals surface area contributed by atoms with Crippen LogP contribution < -0.4 is 26.6 Å². The maximum atomic E-state index is 13.5. The number of hydrogen-bond acceptors (Lipinski definition) is 7. The Kier molecular flexibility index (Phi) is 16.9. The van der Waals surface area contributed by atoms with Gasteiger partial charge in [-0.2, -0.15) is 0 Å². The predicted octanol–water partition coefficient (Wildman–Crippen LogP) is -0.308. The van der Waals surface area contributed by atoms with E-state index in [0.29, 0.717) is 10.9 Å². The molecule has 0 aliphatic rings. The number of carbonyl (C=O) groups excluding carboxylic acids is 5. The Hall–Kier alpha value is -4.04. The molecule has 0 saturated carbocycles. The van der Waals surface area contributed by atoms with Crippen molar-refractivity contribution in [3.63, 3.8) is 0 Å². The van der Waals surface area contributed by atoms with E-state index in [-0.39, 0.29) is 25.2 Å². The second-order valence-electron chi connectivity index (χ2n) is 13.0. The number of carboxylic acid groups (broad SMARTS) is 1. The molecule has 7 N–H and O–H groups in total. The Bertz CT molecular complexity index is 1170. The van der Waals surface area contributed by atoms with E-state index in [9.17, 15) is 39.0 Å². The molecule has 0 aliphatic heterocycles. The van der Waals surface area contributed by atoms with E-state index in [1.807, 2.05) is 65.3 Å². The van der Waals surface area contributed by atoms with Gasteiger partial charge in [0.2, 0.25) is 29.5 Å².